The summed E-state index contributed by atoms with van der Waals surface area (Å²) in [7, 11) is 1.33. The molecule has 5 nitrogen and oxygen atoms in total. The van der Waals surface area contributed by atoms with Gasteiger partial charge in [-0.3, -0.25) is 0 Å². The van der Waals surface area contributed by atoms with Crippen LogP contribution in [0.4, 0.5) is 5.69 Å². The minimum Gasteiger partial charge on any atom is -0.487 e. The summed E-state index contributed by atoms with van der Waals surface area (Å²) in [6.45, 7) is 1.22. The first-order chi connectivity index (χ1) is 8.20. The molecule has 5 heteroatoms. The molecular weight excluding hydrogens is 222 g/mol. The second-order valence-electron chi connectivity index (χ2n) is 3.85. The highest BCUT2D eigenvalue weighted by atomic mass is 16.6. The summed E-state index contributed by atoms with van der Waals surface area (Å²) in [5.41, 5.74) is 6.61. The van der Waals surface area contributed by atoms with Gasteiger partial charge in [-0.15, -0.1) is 0 Å². The smallest absolute Gasteiger partial charge is 0.341 e. The Kier molecular flexibility index (Phi) is 3.49. The summed E-state index contributed by atoms with van der Waals surface area (Å²) in [6.07, 6.45) is 0.787. The van der Waals surface area contributed by atoms with Crippen LogP contribution in [-0.4, -0.2) is 32.4 Å². The summed E-state index contributed by atoms with van der Waals surface area (Å²) in [4.78, 5) is 11.5. The van der Waals surface area contributed by atoms with Crippen LogP contribution in [0.5, 0.6) is 5.75 Å². The number of ether oxygens (including phenoxy) is 3. The zero-order valence-electron chi connectivity index (χ0n) is 9.64. The fourth-order valence-corrected chi connectivity index (χ4v) is 1.70. The summed E-state index contributed by atoms with van der Waals surface area (Å²) in [5.74, 6) is 0.0197. The van der Waals surface area contributed by atoms with E-state index in [0.717, 1.165) is 6.42 Å². The molecule has 0 saturated carbocycles. The lowest BCUT2D eigenvalue weighted by atomic mass is 10.2. The Hall–Kier alpha value is -1.75. The van der Waals surface area contributed by atoms with E-state index in [4.69, 9.17) is 19.9 Å². The third-order valence-electron chi connectivity index (χ3n) is 2.59. The molecule has 1 aliphatic heterocycles. The van der Waals surface area contributed by atoms with Crippen LogP contribution in [0.3, 0.4) is 0 Å². The summed E-state index contributed by atoms with van der Waals surface area (Å²) >= 11 is 0. The molecule has 1 aliphatic rings. The van der Waals surface area contributed by atoms with Crippen molar-refractivity contribution in [3.63, 3.8) is 0 Å². The molecule has 0 amide bonds. The SMILES string of the molecule is COC(=O)c1ccc(N)cc1OC1CCOC1. The Balaban J connectivity index is 2.22. The van der Waals surface area contributed by atoms with Crippen molar-refractivity contribution >= 4 is 11.7 Å². The molecule has 1 aromatic carbocycles. The average molecular weight is 237 g/mol. The van der Waals surface area contributed by atoms with Gasteiger partial charge in [-0.05, 0) is 12.1 Å². The first-order valence-corrected chi connectivity index (χ1v) is 5.43. The number of rotatable bonds is 3. The second-order valence-corrected chi connectivity index (χ2v) is 3.85. The normalized spacial score (nSPS) is 19.0. The van der Waals surface area contributed by atoms with Gasteiger partial charge in [-0.1, -0.05) is 0 Å². The first kappa shape index (κ1) is 11.7. The van der Waals surface area contributed by atoms with Gasteiger partial charge in [0.05, 0.1) is 20.3 Å². The highest BCUT2D eigenvalue weighted by Gasteiger charge is 2.21. The van der Waals surface area contributed by atoms with Crippen LogP contribution in [0.2, 0.25) is 0 Å². The van der Waals surface area contributed by atoms with Crippen molar-refractivity contribution < 1.29 is 19.0 Å². The van der Waals surface area contributed by atoms with Gasteiger partial charge >= 0.3 is 5.97 Å². The van der Waals surface area contributed by atoms with Crippen LogP contribution in [0.1, 0.15) is 16.8 Å². The standard InChI is InChI=1S/C12H15NO4/c1-15-12(14)10-3-2-8(13)6-11(10)17-9-4-5-16-7-9/h2-3,6,9H,4-5,7,13H2,1H3. The summed E-state index contributed by atoms with van der Waals surface area (Å²) < 4.78 is 15.6. The lowest BCUT2D eigenvalue weighted by molar-refractivity contribution is 0.0591. The van der Waals surface area contributed by atoms with E-state index in [9.17, 15) is 4.79 Å². The molecule has 1 unspecified atom stereocenters. The van der Waals surface area contributed by atoms with Gasteiger partial charge in [0, 0.05) is 18.2 Å². The Bertz CT molecular complexity index is 413. The van der Waals surface area contributed by atoms with Crippen molar-refractivity contribution in [2.45, 2.75) is 12.5 Å². The van der Waals surface area contributed by atoms with E-state index in [2.05, 4.69) is 0 Å². The zero-order chi connectivity index (χ0) is 12.3. The molecule has 1 aromatic rings. The molecule has 1 fully saturated rings. The second kappa shape index (κ2) is 5.05. The number of hydrogen-bond acceptors (Lipinski definition) is 5. The van der Waals surface area contributed by atoms with E-state index in [1.165, 1.54) is 7.11 Å². The fraction of sp³-hybridized carbons (Fsp3) is 0.417. The Morgan fingerprint density at radius 2 is 2.35 bits per heavy atom. The molecule has 0 spiro atoms. The van der Waals surface area contributed by atoms with Crippen LogP contribution in [0.15, 0.2) is 18.2 Å². The predicted molar refractivity (Wildman–Crippen MR) is 62.0 cm³/mol. The van der Waals surface area contributed by atoms with Crippen molar-refractivity contribution in [1.29, 1.82) is 0 Å². The van der Waals surface area contributed by atoms with Crippen LogP contribution in [-0.2, 0) is 9.47 Å². The molecule has 1 atom stereocenters. The maximum atomic E-state index is 11.5. The van der Waals surface area contributed by atoms with E-state index in [-0.39, 0.29) is 6.10 Å². The molecule has 2 rings (SSSR count). The van der Waals surface area contributed by atoms with Crippen LogP contribution < -0.4 is 10.5 Å². The molecule has 17 heavy (non-hydrogen) atoms. The lowest BCUT2D eigenvalue weighted by Crippen LogP contribution is -2.18. The van der Waals surface area contributed by atoms with E-state index in [0.29, 0.717) is 30.2 Å². The quantitative estimate of drug-likeness (QED) is 0.632. The van der Waals surface area contributed by atoms with Gasteiger partial charge in [-0.2, -0.15) is 0 Å². The molecule has 0 radical (unpaired) electrons. The minimum absolute atomic E-state index is 0.0276. The van der Waals surface area contributed by atoms with Crippen LogP contribution in [0.25, 0.3) is 0 Å². The van der Waals surface area contributed by atoms with Gasteiger partial charge in [0.15, 0.2) is 0 Å². The molecular formula is C12H15NO4. The van der Waals surface area contributed by atoms with E-state index < -0.39 is 5.97 Å². The Morgan fingerprint density at radius 3 is 3.00 bits per heavy atom. The fourth-order valence-electron chi connectivity index (χ4n) is 1.70. The number of anilines is 1. The van der Waals surface area contributed by atoms with Crippen molar-refractivity contribution in [1.82, 2.24) is 0 Å². The Morgan fingerprint density at radius 1 is 1.53 bits per heavy atom. The number of esters is 1. The molecule has 0 aliphatic carbocycles. The highest BCUT2D eigenvalue weighted by molar-refractivity contribution is 5.93. The third kappa shape index (κ3) is 2.68. The van der Waals surface area contributed by atoms with Gasteiger partial charge < -0.3 is 19.9 Å². The third-order valence-corrected chi connectivity index (χ3v) is 2.59. The summed E-state index contributed by atoms with van der Waals surface area (Å²) in [5, 5.41) is 0. The number of methoxy groups -OCH3 is 1. The van der Waals surface area contributed by atoms with Crippen molar-refractivity contribution in [2.75, 3.05) is 26.1 Å². The van der Waals surface area contributed by atoms with Crippen molar-refractivity contribution in [2.24, 2.45) is 0 Å². The molecule has 1 heterocycles. The molecule has 92 valence electrons. The van der Waals surface area contributed by atoms with Crippen LogP contribution >= 0.6 is 0 Å². The van der Waals surface area contributed by atoms with Gasteiger partial charge in [0.25, 0.3) is 0 Å². The van der Waals surface area contributed by atoms with Gasteiger partial charge in [0.1, 0.15) is 17.4 Å². The largest absolute Gasteiger partial charge is 0.487 e. The number of carbonyl (C=O) groups is 1. The first-order valence-electron chi connectivity index (χ1n) is 5.43. The number of nitrogens with two attached hydrogens (primary N) is 1. The average Bonchev–Trinajstić information content (AvgIpc) is 2.81. The van der Waals surface area contributed by atoms with Gasteiger partial charge in [-0.25, -0.2) is 4.79 Å². The van der Waals surface area contributed by atoms with E-state index in [1.54, 1.807) is 18.2 Å². The molecule has 2 N–H and O–H groups in total. The monoisotopic (exact) mass is 237 g/mol. The topological polar surface area (TPSA) is 70.8 Å². The van der Waals surface area contributed by atoms with Crippen molar-refractivity contribution in [3.8, 4) is 5.75 Å². The molecule has 0 bridgehead atoms. The highest BCUT2D eigenvalue weighted by Crippen LogP contribution is 2.25. The Labute approximate surface area is 99.5 Å². The van der Waals surface area contributed by atoms with Crippen molar-refractivity contribution in [3.05, 3.63) is 23.8 Å². The zero-order valence-corrected chi connectivity index (χ0v) is 9.64. The van der Waals surface area contributed by atoms with Gasteiger partial charge in [0.2, 0.25) is 0 Å². The maximum absolute atomic E-state index is 11.5. The number of benzene rings is 1. The van der Waals surface area contributed by atoms with E-state index >= 15 is 0 Å². The number of hydrogen-bond donors (Lipinski definition) is 1. The predicted octanol–water partition coefficient (Wildman–Crippen LogP) is 1.22. The molecule has 0 aromatic heterocycles. The number of carbonyl (C=O) groups excluding carboxylic acids is 1. The maximum Gasteiger partial charge on any atom is 0.341 e. The summed E-state index contributed by atoms with van der Waals surface area (Å²) in [6, 6.07) is 4.88. The van der Waals surface area contributed by atoms with Crippen LogP contribution in [0, 0.1) is 0 Å². The number of nitrogen functional groups attached to an aromatic ring is 1. The lowest BCUT2D eigenvalue weighted by Gasteiger charge is -2.15. The minimum atomic E-state index is -0.432. The molecule has 1 saturated heterocycles. The van der Waals surface area contributed by atoms with E-state index in [1.807, 2.05) is 0 Å².